The topological polar surface area (TPSA) is 54.7 Å². The molecule has 0 saturated heterocycles. The maximum atomic E-state index is 12.7. The summed E-state index contributed by atoms with van der Waals surface area (Å²) in [5, 5.41) is 2.93. The number of furan rings is 1. The maximum absolute atomic E-state index is 12.7. The molecular formula is C24H26N2O3. The van der Waals surface area contributed by atoms with Gasteiger partial charge in [0.2, 0.25) is 0 Å². The fourth-order valence-corrected chi connectivity index (χ4v) is 3.83. The highest BCUT2D eigenvalue weighted by molar-refractivity contribution is 5.95. The van der Waals surface area contributed by atoms with E-state index in [-0.39, 0.29) is 5.91 Å². The first-order chi connectivity index (χ1) is 14.1. The summed E-state index contributed by atoms with van der Waals surface area (Å²) in [6, 6.07) is 18.4. The van der Waals surface area contributed by atoms with Gasteiger partial charge in [0.1, 0.15) is 18.1 Å². The van der Waals surface area contributed by atoms with Crippen LogP contribution in [0.5, 0.6) is 5.75 Å². The van der Waals surface area contributed by atoms with Gasteiger partial charge in [-0.25, -0.2) is 0 Å². The average Bonchev–Trinajstić information content (AvgIpc) is 3.31. The van der Waals surface area contributed by atoms with E-state index in [0.717, 1.165) is 17.7 Å². The van der Waals surface area contributed by atoms with E-state index in [4.69, 9.17) is 9.15 Å². The van der Waals surface area contributed by atoms with E-state index < -0.39 is 0 Å². The van der Waals surface area contributed by atoms with Crippen LogP contribution in [0.3, 0.4) is 0 Å². The summed E-state index contributed by atoms with van der Waals surface area (Å²) in [5.74, 6) is 1.39. The summed E-state index contributed by atoms with van der Waals surface area (Å²) in [6.45, 7) is 5.63. The molecular weight excluding hydrogens is 364 g/mol. The van der Waals surface area contributed by atoms with Crippen molar-refractivity contribution in [3.05, 3.63) is 83.3 Å². The number of nitrogens with zero attached hydrogens (tertiary/aromatic N) is 1. The second-order valence-corrected chi connectivity index (χ2v) is 7.44. The van der Waals surface area contributed by atoms with E-state index in [1.165, 1.54) is 11.3 Å². The Morgan fingerprint density at radius 3 is 2.83 bits per heavy atom. The fraction of sp³-hybridized carbons (Fsp3) is 0.292. The van der Waals surface area contributed by atoms with Crippen LogP contribution in [0.25, 0.3) is 0 Å². The largest absolute Gasteiger partial charge is 0.491 e. The van der Waals surface area contributed by atoms with Crippen LogP contribution in [-0.2, 0) is 13.0 Å². The third kappa shape index (κ3) is 4.14. The Hall–Kier alpha value is -3.21. The normalized spacial score (nSPS) is 15.2. The molecule has 0 radical (unpaired) electrons. The number of nitrogens with one attached hydrogen (secondary N) is 1. The van der Waals surface area contributed by atoms with Gasteiger partial charge in [-0.3, -0.25) is 4.79 Å². The first-order valence-corrected chi connectivity index (χ1v) is 10.0. The van der Waals surface area contributed by atoms with E-state index in [9.17, 15) is 4.79 Å². The first-order valence-electron chi connectivity index (χ1n) is 10.0. The Morgan fingerprint density at radius 2 is 1.97 bits per heavy atom. The number of rotatable bonds is 7. The van der Waals surface area contributed by atoms with Crippen LogP contribution in [0.1, 0.15) is 34.2 Å². The summed E-state index contributed by atoms with van der Waals surface area (Å²) >= 11 is 0. The van der Waals surface area contributed by atoms with Gasteiger partial charge < -0.3 is 19.4 Å². The number of fused-ring (bicyclic) bond motifs is 1. The quantitative estimate of drug-likeness (QED) is 0.610. The summed E-state index contributed by atoms with van der Waals surface area (Å²) in [4.78, 5) is 15.0. The maximum Gasteiger partial charge on any atom is 0.255 e. The summed E-state index contributed by atoms with van der Waals surface area (Å²) < 4.78 is 11.4. The smallest absolute Gasteiger partial charge is 0.255 e. The number of para-hydroxylation sites is 2. The minimum absolute atomic E-state index is 0.137. The van der Waals surface area contributed by atoms with Gasteiger partial charge >= 0.3 is 0 Å². The molecule has 150 valence electrons. The molecule has 1 aliphatic rings. The number of ether oxygens (including phenoxy) is 1. The number of benzene rings is 2. The van der Waals surface area contributed by atoms with Crippen LogP contribution in [-0.4, -0.2) is 25.1 Å². The van der Waals surface area contributed by atoms with E-state index in [1.807, 2.05) is 37.3 Å². The Balaban J connectivity index is 1.35. The summed E-state index contributed by atoms with van der Waals surface area (Å²) in [7, 11) is 0. The average molecular weight is 390 g/mol. The van der Waals surface area contributed by atoms with E-state index in [0.29, 0.717) is 37.1 Å². The lowest BCUT2D eigenvalue weighted by Gasteiger charge is -2.24. The number of anilines is 1. The van der Waals surface area contributed by atoms with Crippen LogP contribution in [0.4, 0.5) is 5.69 Å². The molecule has 1 N–H and O–H groups in total. The Labute approximate surface area is 171 Å². The molecule has 0 spiro atoms. The zero-order valence-electron chi connectivity index (χ0n) is 16.9. The second-order valence-electron chi connectivity index (χ2n) is 7.44. The Kier molecular flexibility index (Phi) is 5.56. The van der Waals surface area contributed by atoms with Gasteiger partial charge in [-0.2, -0.15) is 0 Å². The van der Waals surface area contributed by atoms with E-state index >= 15 is 0 Å². The van der Waals surface area contributed by atoms with E-state index in [1.54, 1.807) is 12.3 Å². The highest BCUT2D eigenvalue weighted by atomic mass is 16.5. The second kappa shape index (κ2) is 8.43. The zero-order chi connectivity index (χ0) is 20.2. The SMILES string of the molecule is Cc1ccccc1OCCNC(=O)c1ccoc1CN1c2ccccc2CC1C. The summed E-state index contributed by atoms with van der Waals surface area (Å²) in [6.07, 6.45) is 2.59. The lowest BCUT2D eigenvalue weighted by molar-refractivity contribution is 0.0945. The predicted molar refractivity (Wildman–Crippen MR) is 114 cm³/mol. The molecule has 5 nitrogen and oxygen atoms in total. The number of aryl methyl sites for hydroxylation is 1. The van der Waals surface area contributed by atoms with Gasteiger partial charge in [-0.1, -0.05) is 36.4 Å². The van der Waals surface area contributed by atoms with Crippen LogP contribution in [0.15, 0.2) is 65.3 Å². The van der Waals surface area contributed by atoms with Crippen molar-refractivity contribution in [1.82, 2.24) is 5.32 Å². The van der Waals surface area contributed by atoms with Crippen molar-refractivity contribution in [2.45, 2.75) is 32.9 Å². The van der Waals surface area contributed by atoms with Crippen molar-refractivity contribution >= 4 is 11.6 Å². The van der Waals surface area contributed by atoms with Crippen molar-refractivity contribution < 1.29 is 13.9 Å². The Bertz CT molecular complexity index is 995. The number of amides is 1. The fourth-order valence-electron chi connectivity index (χ4n) is 3.83. The van der Waals surface area contributed by atoms with Crippen LogP contribution in [0.2, 0.25) is 0 Å². The third-order valence-corrected chi connectivity index (χ3v) is 5.39. The van der Waals surface area contributed by atoms with Crippen molar-refractivity contribution in [2.75, 3.05) is 18.1 Å². The lowest BCUT2D eigenvalue weighted by atomic mass is 10.1. The standard InChI is InChI=1S/C24H26N2O3/c1-17-7-3-6-10-22(17)29-14-12-25-24(27)20-11-13-28-23(20)16-26-18(2)15-19-8-4-5-9-21(19)26/h3-11,13,18H,12,14-16H2,1-2H3,(H,25,27). The van der Waals surface area contributed by atoms with Gasteiger partial charge in [0.25, 0.3) is 5.91 Å². The predicted octanol–water partition coefficient (Wildman–Crippen LogP) is 4.35. The molecule has 2 aromatic carbocycles. The van der Waals surface area contributed by atoms with Gasteiger partial charge in [-0.15, -0.1) is 0 Å². The highest BCUT2D eigenvalue weighted by Crippen LogP contribution is 2.33. The molecule has 1 aliphatic heterocycles. The molecule has 1 unspecified atom stereocenters. The molecule has 5 heteroatoms. The lowest BCUT2D eigenvalue weighted by Crippen LogP contribution is -2.31. The molecule has 2 heterocycles. The highest BCUT2D eigenvalue weighted by Gasteiger charge is 2.27. The van der Waals surface area contributed by atoms with Gasteiger partial charge in [0.15, 0.2) is 0 Å². The molecule has 1 amide bonds. The molecule has 1 atom stereocenters. The molecule has 1 aromatic heterocycles. The number of carbonyl (C=O) groups is 1. The van der Waals surface area contributed by atoms with Crippen molar-refractivity contribution in [2.24, 2.45) is 0 Å². The van der Waals surface area contributed by atoms with Crippen molar-refractivity contribution in [1.29, 1.82) is 0 Å². The first kappa shape index (κ1) is 19.1. The zero-order valence-corrected chi connectivity index (χ0v) is 16.9. The Morgan fingerprint density at radius 1 is 1.17 bits per heavy atom. The minimum atomic E-state index is -0.137. The minimum Gasteiger partial charge on any atom is -0.491 e. The molecule has 0 aliphatic carbocycles. The van der Waals surface area contributed by atoms with Gasteiger partial charge in [0.05, 0.1) is 24.9 Å². The molecule has 0 fully saturated rings. The van der Waals surface area contributed by atoms with Gasteiger partial charge in [-0.05, 0) is 49.6 Å². The molecule has 0 saturated carbocycles. The number of carbonyl (C=O) groups excluding carboxylic acids is 1. The third-order valence-electron chi connectivity index (χ3n) is 5.39. The van der Waals surface area contributed by atoms with Crippen molar-refractivity contribution in [3.8, 4) is 5.75 Å². The van der Waals surface area contributed by atoms with Crippen LogP contribution in [0, 0.1) is 6.92 Å². The molecule has 0 bridgehead atoms. The van der Waals surface area contributed by atoms with Gasteiger partial charge in [0, 0.05) is 11.7 Å². The molecule has 29 heavy (non-hydrogen) atoms. The number of hydrogen-bond acceptors (Lipinski definition) is 4. The summed E-state index contributed by atoms with van der Waals surface area (Å²) in [5.41, 5.74) is 4.22. The van der Waals surface area contributed by atoms with Crippen molar-refractivity contribution in [3.63, 3.8) is 0 Å². The van der Waals surface area contributed by atoms with Crippen LogP contribution < -0.4 is 15.0 Å². The monoisotopic (exact) mass is 390 g/mol. The molecule has 3 aromatic rings. The molecule has 4 rings (SSSR count). The van der Waals surface area contributed by atoms with E-state index in [2.05, 4.69) is 35.3 Å². The number of hydrogen-bond donors (Lipinski definition) is 1. The van der Waals surface area contributed by atoms with Crippen LogP contribution >= 0.6 is 0 Å².